The van der Waals surface area contributed by atoms with Crippen LogP contribution in [-0.2, 0) is 9.47 Å². The molecule has 1 heterocycles. The molecule has 0 aromatic heterocycles. The van der Waals surface area contributed by atoms with Gasteiger partial charge in [0.05, 0.1) is 32.5 Å². The van der Waals surface area contributed by atoms with Crippen LogP contribution in [0.2, 0.25) is 20.0 Å². The molecule has 0 saturated carbocycles. The largest absolute Gasteiger partial charge is 0.394 e. The Kier molecular flexibility index (Phi) is 11.8. The fraction of sp³-hybridized carbons (Fsp3) is 0.684. The van der Waals surface area contributed by atoms with E-state index < -0.39 is 6.10 Å². The zero-order valence-electron chi connectivity index (χ0n) is 15.9. The molecule has 1 aromatic carbocycles. The fourth-order valence-corrected chi connectivity index (χ4v) is 2.36. The SMILES string of the molecule is CCB(C)C.OCC(O)COCC1OCCNCC1c1ccccc1. The zero-order valence-corrected chi connectivity index (χ0v) is 15.9. The second-order valence-electron chi connectivity index (χ2n) is 6.81. The molecule has 25 heavy (non-hydrogen) atoms. The first-order chi connectivity index (χ1) is 12.1. The van der Waals surface area contributed by atoms with E-state index in [0.717, 1.165) is 19.8 Å². The van der Waals surface area contributed by atoms with Crippen LogP contribution in [0.25, 0.3) is 0 Å². The number of hydrogen-bond donors (Lipinski definition) is 3. The number of benzene rings is 1. The Balaban J connectivity index is 0.000000550. The van der Waals surface area contributed by atoms with Gasteiger partial charge >= 0.3 is 0 Å². The highest BCUT2D eigenvalue weighted by atomic mass is 16.5. The molecule has 3 atom stereocenters. The first-order valence-corrected chi connectivity index (χ1v) is 9.32. The molecular formula is C19H34BNO4. The second-order valence-corrected chi connectivity index (χ2v) is 6.81. The summed E-state index contributed by atoms with van der Waals surface area (Å²) in [4.78, 5) is 0. The number of hydrogen-bond acceptors (Lipinski definition) is 5. The first-order valence-electron chi connectivity index (χ1n) is 9.32. The van der Waals surface area contributed by atoms with Gasteiger partial charge in [-0.15, -0.1) is 0 Å². The Morgan fingerprint density at radius 2 is 2.00 bits per heavy atom. The van der Waals surface area contributed by atoms with Gasteiger partial charge in [0.25, 0.3) is 0 Å². The quantitative estimate of drug-likeness (QED) is 0.655. The Morgan fingerprint density at radius 3 is 2.60 bits per heavy atom. The molecular weight excluding hydrogens is 317 g/mol. The second kappa shape index (κ2) is 13.3. The lowest BCUT2D eigenvalue weighted by molar-refractivity contribution is -0.0501. The predicted octanol–water partition coefficient (Wildman–Crippen LogP) is 1.89. The van der Waals surface area contributed by atoms with E-state index in [9.17, 15) is 5.11 Å². The van der Waals surface area contributed by atoms with Gasteiger partial charge in [-0.05, 0) is 5.56 Å². The lowest BCUT2D eigenvalue weighted by Crippen LogP contribution is -2.32. The molecule has 5 nitrogen and oxygen atoms in total. The number of nitrogens with one attached hydrogen (secondary N) is 1. The molecule has 3 unspecified atom stereocenters. The molecule has 2 rings (SSSR count). The molecule has 0 amide bonds. The van der Waals surface area contributed by atoms with Crippen molar-refractivity contribution in [2.45, 2.75) is 45.0 Å². The average Bonchev–Trinajstić information content (AvgIpc) is 2.88. The molecule has 142 valence electrons. The first kappa shape index (κ1) is 22.1. The Morgan fingerprint density at radius 1 is 1.32 bits per heavy atom. The number of ether oxygens (including phenoxy) is 2. The molecule has 1 fully saturated rings. The van der Waals surface area contributed by atoms with Gasteiger partial charge in [-0.3, -0.25) is 0 Å². The zero-order chi connectivity index (χ0) is 18.5. The van der Waals surface area contributed by atoms with Crippen molar-refractivity contribution in [3.63, 3.8) is 0 Å². The van der Waals surface area contributed by atoms with Crippen molar-refractivity contribution in [1.82, 2.24) is 5.32 Å². The van der Waals surface area contributed by atoms with Crippen LogP contribution in [0.5, 0.6) is 0 Å². The summed E-state index contributed by atoms with van der Waals surface area (Å²) in [6, 6.07) is 10.2. The van der Waals surface area contributed by atoms with E-state index in [0.29, 0.717) is 13.2 Å². The smallest absolute Gasteiger partial charge is 0.133 e. The molecule has 3 N–H and O–H groups in total. The predicted molar refractivity (Wildman–Crippen MR) is 104 cm³/mol. The van der Waals surface area contributed by atoms with E-state index in [2.05, 4.69) is 38.0 Å². The van der Waals surface area contributed by atoms with Crippen LogP contribution in [0.1, 0.15) is 18.4 Å². The third kappa shape index (κ3) is 9.38. The Hall–Kier alpha value is -0.915. The van der Waals surface area contributed by atoms with Crippen molar-refractivity contribution >= 4 is 6.71 Å². The summed E-state index contributed by atoms with van der Waals surface area (Å²) >= 11 is 0. The third-order valence-electron chi connectivity index (χ3n) is 4.27. The van der Waals surface area contributed by atoms with Crippen LogP contribution in [0.4, 0.5) is 0 Å². The van der Waals surface area contributed by atoms with E-state index in [-0.39, 0.29) is 25.2 Å². The van der Waals surface area contributed by atoms with Crippen LogP contribution in [-0.4, -0.2) is 68.7 Å². The van der Waals surface area contributed by atoms with Gasteiger partial charge < -0.3 is 25.0 Å². The summed E-state index contributed by atoms with van der Waals surface area (Å²) in [5.74, 6) is 0.227. The van der Waals surface area contributed by atoms with Gasteiger partial charge in [-0.25, -0.2) is 0 Å². The average molecular weight is 351 g/mol. The Bertz CT molecular complexity index is 433. The van der Waals surface area contributed by atoms with Gasteiger partial charge in [0, 0.05) is 19.0 Å². The van der Waals surface area contributed by atoms with Gasteiger partial charge in [0.2, 0.25) is 0 Å². The maximum Gasteiger partial charge on any atom is 0.133 e. The van der Waals surface area contributed by atoms with Crippen LogP contribution in [0.3, 0.4) is 0 Å². The molecule has 1 saturated heterocycles. The molecule has 6 heteroatoms. The molecule has 0 aliphatic carbocycles. The standard InChI is InChI=1S/C15H23NO4.C4H11B/c17-9-13(18)10-19-11-15-14(8-16-6-7-20-15)12-4-2-1-3-5-12;1-4-5(2)3/h1-5,13-18H,6-11H2;4H2,1-3H3. The van der Waals surface area contributed by atoms with E-state index in [4.69, 9.17) is 14.6 Å². The molecule has 1 aromatic rings. The highest BCUT2D eigenvalue weighted by molar-refractivity contribution is 6.55. The molecule has 0 spiro atoms. The minimum absolute atomic E-state index is 0.0432. The van der Waals surface area contributed by atoms with E-state index in [1.807, 2.05) is 18.2 Å². The lowest BCUT2D eigenvalue weighted by Gasteiger charge is -2.25. The van der Waals surface area contributed by atoms with Crippen LogP contribution >= 0.6 is 0 Å². The third-order valence-corrected chi connectivity index (χ3v) is 4.27. The van der Waals surface area contributed by atoms with Crippen molar-refractivity contribution < 1.29 is 19.7 Å². The van der Waals surface area contributed by atoms with E-state index in [1.165, 1.54) is 11.9 Å². The molecule has 1 aliphatic heterocycles. The maximum absolute atomic E-state index is 9.30. The maximum atomic E-state index is 9.30. The summed E-state index contributed by atoms with van der Waals surface area (Å²) in [6.45, 7) is 10.1. The summed E-state index contributed by atoms with van der Waals surface area (Å²) in [5.41, 5.74) is 1.22. The van der Waals surface area contributed by atoms with Crippen molar-refractivity contribution in [1.29, 1.82) is 0 Å². The van der Waals surface area contributed by atoms with Crippen molar-refractivity contribution in [2.24, 2.45) is 0 Å². The van der Waals surface area contributed by atoms with Crippen molar-refractivity contribution in [3.05, 3.63) is 35.9 Å². The van der Waals surface area contributed by atoms with Crippen LogP contribution in [0.15, 0.2) is 30.3 Å². The number of aliphatic hydroxyl groups excluding tert-OH is 2. The summed E-state index contributed by atoms with van der Waals surface area (Å²) in [5, 5.41) is 21.4. The van der Waals surface area contributed by atoms with Gasteiger partial charge in [0.1, 0.15) is 12.8 Å². The van der Waals surface area contributed by atoms with Crippen molar-refractivity contribution in [3.8, 4) is 0 Å². The van der Waals surface area contributed by atoms with Gasteiger partial charge in [0.15, 0.2) is 0 Å². The number of rotatable bonds is 7. The van der Waals surface area contributed by atoms with Crippen molar-refractivity contribution in [2.75, 3.05) is 39.5 Å². The summed E-state index contributed by atoms with van der Waals surface area (Å²) in [7, 11) is 0. The minimum Gasteiger partial charge on any atom is -0.394 e. The normalized spacial score (nSPS) is 21.6. The van der Waals surface area contributed by atoms with E-state index >= 15 is 0 Å². The summed E-state index contributed by atoms with van der Waals surface area (Å²) in [6.07, 6.45) is 0.437. The van der Waals surface area contributed by atoms with Gasteiger partial charge in [-0.1, -0.05) is 57.2 Å². The van der Waals surface area contributed by atoms with Crippen LogP contribution in [0, 0.1) is 0 Å². The summed E-state index contributed by atoms with van der Waals surface area (Å²) < 4.78 is 11.3. The topological polar surface area (TPSA) is 71.0 Å². The molecule has 0 bridgehead atoms. The fourth-order valence-electron chi connectivity index (χ4n) is 2.36. The van der Waals surface area contributed by atoms with Crippen LogP contribution < -0.4 is 5.32 Å². The monoisotopic (exact) mass is 351 g/mol. The molecule has 1 aliphatic rings. The molecule has 0 radical (unpaired) electrons. The van der Waals surface area contributed by atoms with E-state index in [1.54, 1.807) is 0 Å². The lowest BCUT2D eigenvalue weighted by atomic mass is 9.53. The highest BCUT2D eigenvalue weighted by Gasteiger charge is 2.26. The number of aliphatic hydroxyl groups is 2. The highest BCUT2D eigenvalue weighted by Crippen LogP contribution is 2.23. The minimum atomic E-state index is -0.825. The van der Waals surface area contributed by atoms with Gasteiger partial charge in [-0.2, -0.15) is 0 Å². The Labute approximate surface area is 152 Å².